The molecule has 0 aromatic heterocycles. The van der Waals surface area contributed by atoms with E-state index < -0.39 is 0 Å². The van der Waals surface area contributed by atoms with Gasteiger partial charge in [0.15, 0.2) is 0 Å². The standard InChI is InChI=1S/C11H16N2O.C10H11N.3CH4.Y/c1-9(2)13-11(14)12-8-10-6-4-3-5-7-10;1-8(2)10-5-3-4-9(6-10)7-11;;;;/h3-7,9H,8H2,1-2H3,(H2,12,13,14);3-6,8H,1-2H3;3*1H4;. The van der Waals surface area contributed by atoms with E-state index in [0.29, 0.717) is 12.5 Å². The van der Waals surface area contributed by atoms with Crippen LogP contribution in [-0.2, 0) is 39.3 Å². The number of nitrogens with zero attached hydrogens (tertiary/aromatic N) is 1. The minimum Gasteiger partial charge on any atom is -0.336 e. The molecule has 2 N–H and O–H groups in total. The topological polar surface area (TPSA) is 64.9 Å². The quantitative estimate of drug-likeness (QED) is 0.533. The van der Waals surface area contributed by atoms with Gasteiger partial charge in [-0.25, -0.2) is 4.79 Å². The van der Waals surface area contributed by atoms with Gasteiger partial charge >= 0.3 is 6.03 Å². The van der Waals surface area contributed by atoms with E-state index in [9.17, 15) is 4.79 Å². The van der Waals surface area contributed by atoms with Crippen molar-refractivity contribution in [1.82, 2.24) is 10.6 Å². The number of nitriles is 1. The fourth-order valence-corrected chi connectivity index (χ4v) is 2.06. The van der Waals surface area contributed by atoms with Crippen molar-refractivity contribution in [2.24, 2.45) is 0 Å². The minimum atomic E-state index is -0.121. The first-order valence-corrected chi connectivity index (χ1v) is 8.50. The van der Waals surface area contributed by atoms with Gasteiger partial charge in [0.1, 0.15) is 0 Å². The smallest absolute Gasteiger partial charge is 0.315 e. The van der Waals surface area contributed by atoms with Crippen LogP contribution in [0.25, 0.3) is 0 Å². The van der Waals surface area contributed by atoms with E-state index in [1.54, 1.807) is 0 Å². The molecule has 1 radical (unpaired) electrons. The fourth-order valence-electron chi connectivity index (χ4n) is 2.06. The molecule has 2 aromatic carbocycles. The number of urea groups is 1. The Morgan fingerprint density at radius 1 is 0.966 bits per heavy atom. The average Bonchev–Trinajstić information content (AvgIpc) is 2.61. The number of carbonyl (C=O) groups excluding carboxylic acids is 1. The molecule has 0 bridgehead atoms. The summed E-state index contributed by atoms with van der Waals surface area (Å²) in [6.45, 7) is 8.68. The second kappa shape index (κ2) is 19.6. The van der Waals surface area contributed by atoms with Crippen LogP contribution in [0.1, 0.15) is 72.6 Å². The third kappa shape index (κ3) is 15.9. The first-order chi connectivity index (χ1) is 11.9. The van der Waals surface area contributed by atoms with Gasteiger partial charge < -0.3 is 10.6 Å². The van der Waals surface area contributed by atoms with Gasteiger partial charge in [-0.05, 0) is 43.0 Å². The van der Waals surface area contributed by atoms with Crippen LogP contribution in [0.3, 0.4) is 0 Å². The van der Waals surface area contributed by atoms with Gasteiger partial charge in [-0.1, -0.05) is 78.6 Å². The number of carbonyl (C=O) groups is 1. The number of amides is 2. The number of benzene rings is 2. The molecule has 0 aliphatic carbocycles. The summed E-state index contributed by atoms with van der Waals surface area (Å²) in [5.41, 5.74) is 3.08. The maximum Gasteiger partial charge on any atom is 0.315 e. The van der Waals surface area contributed by atoms with Crippen molar-refractivity contribution >= 4 is 6.03 Å². The molecule has 2 aromatic rings. The SMILES string of the molecule is C.C.C.CC(C)NC(=O)NCc1ccccc1.CC(C)c1cccc(C#N)c1.[Y]. The summed E-state index contributed by atoms with van der Waals surface area (Å²) in [4.78, 5) is 11.2. The van der Waals surface area contributed by atoms with E-state index in [0.717, 1.165) is 11.1 Å². The molecule has 159 valence electrons. The van der Waals surface area contributed by atoms with E-state index in [-0.39, 0.29) is 67.1 Å². The zero-order valence-corrected chi connectivity index (χ0v) is 18.8. The summed E-state index contributed by atoms with van der Waals surface area (Å²) in [7, 11) is 0. The van der Waals surface area contributed by atoms with Crippen molar-refractivity contribution in [3.63, 3.8) is 0 Å². The minimum absolute atomic E-state index is 0. The van der Waals surface area contributed by atoms with Gasteiger partial charge in [-0.2, -0.15) is 5.26 Å². The Kier molecular flexibility index (Phi) is 23.5. The third-order valence-electron chi connectivity index (χ3n) is 3.40. The molecule has 0 spiro atoms. The Labute approximate surface area is 204 Å². The Hall–Kier alpha value is -1.70. The predicted octanol–water partition coefficient (Wildman–Crippen LogP) is 6.48. The van der Waals surface area contributed by atoms with Gasteiger partial charge in [0.25, 0.3) is 0 Å². The van der Waals surface area contributed by atoms with Crippen LogP contribution < -0.4 is 10.6 Å². The number of nitrogens with one attached hydrogen (secondary N) is 2. The van der Waals surface area contributed by atoms with Gasteiger partial charge in [-0.3, -0.25) is 0 Å². The molecule has 4 nitrogen and oxygen atoms in total. The van der Waals surface area contributed by atoms with Crippen molar-refractivity contribution in [2.45, 2.75) is 68.5 Å². The summed E-state index contributed by atoms with van der Waals surface area (Å²) in [6, 6.07) is 19.7. The first-order valence-electron chi connectivity index (χ1n) is 8.50. The van der Waals surface area contributed by atoms with Crippen LogP contribution in [0.2, 0.25) is 0 Å². The summed E-state index contributed by atoms with van der Waals surface area (Å²) in [5, 5.41) is 14.1. The Morgan fingerprint density at radius 3 is 2.03 bits per heavy atom. The molecule has 0 unspecified atom stereocenters. The zero-order chi connectivity index (χ0) is 18.7. The molecular weight excluding hydrogens is 435 g/mol. The maximum absolute atomic E-state index is 11.2. The van der Waals surface area contributed by atoms with Crippen LogP contribution in [0.4, 0.5) is 4.79 Å². The van der Waals surface area contributed by atoms with Crippen LogP contribution in [0.15, 0.2) is 54.6 Å². The van der Waals surface area contributed by atoms with E-state index in [1.807, 2.05) is 68.4 Å². The molecule has 29 heavy (non-hydrogen) atoms. The van der Waals surface area contributed by atoms with Gasteiger partial charge in [0.05, 0.1) is 11.6 Å². The Morgan fingerprint density at radius 2 is 1.55 bits per heavy atom. The largest absolute Gasteiger partial charge is 0.336 e. The van der Waals surface area contributed by atoms with Crippen molar-refractivity contribution in [2.75, 3.05) is 0 Å². The molecular formula is C24H39N3OY. The monoisotopic (exact) mass is 474 g/mol. The number of rotatable bonds is 4. The molecule has 0 saturated carbocycles. The number of hydrogen-bond acceptors (Lipinski definition) is 2. The van der Waals surface area contributed by atoms with E-state index in [4.69, 9.17) is 5.26 Å². The molecule has 0 fully saturated rings. The zero-order valence-electron chi connectivity index (χ0n) is 16.0. The second-order valence-corrected chi connectivity index (χ2v) is 6.36. The van der Waals surface area contributed by atoms with Crippen molar-refractivity contribution in [3.8, 4) is 6.07 Å². The van der Waals surface area contributed by atoms with E-state index in [1.165, 1.54) is 5.56 Å². The van der Waals surface area contributed by atoms with Crippen LogP contribution >= 0.6 is 0 Å². The van der Waals surface area contributed by atoms with Gasteiger partial charge in [-0.15, -0.1) is 0 Å². The summed E-state index contributed by atoms with van der Waals surface area (Å²) < 4.78 is 0. The summed E-state index contributed by atoms with van der Waals surface area (Å²) in [6.07, 6.45) is 0. The average molecular weight is 475 g/mol. The molecule has 0 aliphatic heterocycles. The van der Waals surface area contributed by atoms with Crippen LogP contribution in [0, 0.1) is 11.3 Å². The molecule has 0 aliphatic rings. The second-order valence-electron chi connectivity index (χ2n) is 6.36. The summed E-state index contributed by atoms with van der Waals surface area (Å²) in [5.74, 6) is 0.503. The van der Waals surface area contributed by atoms with Gasteiger partial charge in [0, 0.05) is 45.3 Å². The van der Waals surface area contributed by atoms with E-state index >= 15 is 0 Å². The first kappa shape index (κ1) is 34.8. The Balaban J connectivity index is -0.000000193. The maximum atomic E-state index is 11.2. The summed E-state index contributed by atoms with van der Waals surface area (Å²) >= 11 is 0. The fraction of sp³-hybridized carbons (Fsp3) is 0.417. The molecule has 2 amide bonds. The molecule has 0 saturated heterocycles. The number of hydrogen-bond donors (Lipinski definition) is 2. The Bertz CT molecular complexity index is 695. The van der Waals surface area contributed by atoms with Crippen molar-refractivity contribution < 1.29 is 37.5 Å². The molecule has 0 heterocycles. The van der Waals surface area contributed by atoms with Crippen LogP contribution in [-0.4, -0.2) is 12.1 Å². The van der Waals surface area contributed by atoms with E-state index in [2.05, 4.69) is 30.6 Å². The van der Waals surface area contributed by atoms with Gasteiger partial charge in [0.2, 0.25) is 0 Å². The normalized spacial score (nSPS) is 8.45. The van der Waals surface area contributed by atoms with Crippen LogP contribution in [0.5, 0.6) is 0 Å². The third-order valence-corrected chi connectivity index (χ3v) is 3.40. The molecule has 0 atom stereocenters. The van der Waals surface area contributed by atoms with Crippen molar-refractivity contribution in [3.05, 3.63) is 71.3 Å². The molecule has 5 heteroatoms. The predicted molar refractivity (Wildman–Crippen MR) is 122 cm³/mol. The van der Waals surface area contributed by atoms with Crippen molar-refractivity contribution in [1.29, 1.82) is 5.26 Å². The molecule has 2 rings (SSSR count).